The fourth-order valence-electron chi connectivity index (χ4n) is 3.76. The van der Waals surface area contributed by atoms with Gasteiger partial charge in [0, 0.05) is 60.3 Å². The Morgan fingerprint density at radius 2 is 1.91 bits per heavy atom. The van der Waals surface area contributed by atoms with Gasteiger partial charge in [-0.3, -0.25) is 0 Å². The number of nitrogens with zero attached hydrogens (tertiary/aromatic N) is 5. The van der Waals surface area contributed by atoms with Crippen molar-refractivity contribution in [2.24, 2.45) is 12.5 Å². The minimum Gasteiger partial charge on any atom is -0.494 e. The number of pyridine rings is 1. The van der Waals surface area contributed by atoms with E-state index >= 15 is 0 Å². The summed E-state index contributed by atoms with van der Waals surface area (Å²) in [6.45, 7) is 13.4. The molecule has 0 spiro atoms. The summed E-state index contributed by atoms with van der Waals surface area (Å²) in [4.78, 5) is 18.8. The van der Waals surface area contributed by atoms with Crippen LogP contribution in [-0.4, -0.2) is 37.2 Å². The Kier molecular flexibility index (Phi) is 6.55. The maximum atomic E-state index is 5.99. The van der Waals surface area contributed by atoms with E-state index < -0.39 is 0 Å². The van der Waals surface area contributed by atoms with Gasteiger partial charge in [-0.1, -0.05) is 32.9 Å². The lowest BCUT2D eigenvalue weighted by molar-refractivity contribution is 0.337. The number of benzene rings is 1. The number of aryl methyl sites for hydroxylation is 2. The van der Waals surface area contributed by atoms with Gasteiger partial charge < -0.3 is 14.6 Å². The van der Waals surface area contributed by atoms with Crippen LogP contribution in [0.15, 0.2) is 42.9 Å². The van der Waals surface area contributed by atoms with Crippen LogP contribution in [0.3, 0.4) is 0 Å². The third-order valence-corrected chi connectivity index (χ3v) is 6.19. The van der Waals surface area contributed by atoms with Gasteiger partial charge in [0.15, 0.2) is 5.82 Å². The zero-order valence-corrected chi connectivity index (χ0v) is 21.2. The van der Waals surface area contributed by atoms with E-state index in [1.165, 1.54) is 0 Å². The molecule has 0 aliphatic rings. The van der Waals surface area contributed by atoms with Crippen molar-refractivity contribution in [1.29, 1.82) is 0 Å². The molecule has 7 nitrogen and oxygen atoms in total. The minimum absolute atomic E-state index is 0.0922. The number of aromatic nitrogens is 5. The van der Waals surface area contributed by atoms with Crippen LogP contribution in [0.5, 0.6) is 5.75 Å². The lowest BCUT2D eigenvalue weighted by Crippen LogP contribution is -2.31. The van der Waals surface area contributed by atoms with Gasteiger partial charge in [-0.05, 0) is 38.3 Å². The molecular formula is C27H34N6O. The van der Waals surface area contributed by atoms with Crippen molar-refractivity contribution in [3.05, 3.63) is 59.9 Å². The molecule has 0 saturated carbocycles. The van der Waals surface area contributed by atoms with Crippen LogP contribution >= 0.6 is 0 Å². The SMILES string of the molecule is CCOc1cc(-c2nccn2C)ccc1Cc1ncc2cc(C)nc(N[C@@H](C)C(C)(C)C)c2n1. The quantitative estimate of drug-likeness (QED) is 0.390. The van der Waals surface area contributed by atoms with Crippen molar-refractivity contribution < 1.29 is 4.74 Å². The average molecular weight is 459 g/mol. The third kappa shape index (κ3) is 5.03. The fourth-order valence-corrected chi connectivity index (χ4v) is 3.76. The van der Waals surface area contributed by atoms with Gasteiger partial charge in [0.25, 0.3) is 0 Å². The van der Waals surface area contributed by atoms with Crippen LogP contribution < -0.4 is 10.1 Å². The van der Waals surface area contributed by atoms with Gasteiger partial charge in [-0.2, -0.15) is 0 Å². The molecule has 3 aromatic heterocycles. The van der Waals surface area contributed by atoms with E-state index in [-0.39, 0.29) is 11.5 Å². The number of ether oxygens (including phenoxy) is 1. The van der Waals surface area contributed by atoms with Crippen molar-refractivity contribution in [1.82, 2.24) is 24.5 Å². The molecule has 0 fully saturated rings. The Hall–Kier alpha value is -3.48. The second kappa shape index (κ2) is 9.41. The summed E-state index contributed by atoms with van der Waals surface area (Å²) >= 11 is 0. The Morgan fingerprint density at radius 1 is 1.12 bits per heavy atom. The van der Waals surface area contributed by atoms with Crippen molar-refractivity contribution in [2.75, 3.05) is 11.9 Å². The molecule has 4 rings (SSSR count). The second-order valence-corrected chi connectivity index (χ2v) is 9.86. The summed E-state index contributed by atoms with van der Waals surface area (Å²) in [5.74, 6) is 3.26. The van der Waals surface area contributed by atoms with Crippen LogP contribution in [0.2, 0.25) is 0 Å². The predicted molar refractivity (Wildman–Crippen MR) is 137 cm³/mol. The normalized spacial score (nSPS) is 12.7. The second-order valence-electron chi connectivity index (χ2n) is 9.86. The molecule has 0 radical (unpaired) electrons. The number of nitrogens with one attached hydrogen (secondary N) is 1. The summed E-state index contributed by atoms with van der Waals surface area (Å²) in [5.41, 5.74) is 3.93. The first-order valence-electron chi connectivity index (χ1n) is 11.8. The fraction of sp³-hybridized carbons (Fsp3) is 0.407. The molecule has 0 amide bonds. The summed E-state index contributed by atoms with van der Waals surface area (Å²) in [7, 11) is 1.99. The number of hydrogen-bond acceptors (Lipinski definition) is 6. The van der Waals surface area contributed by atoms with Crippen LogP contribution in [-0.2, 0) is 13.5 Å². The summed E-state index contributed by atoms with van der Waals surface area (Å²) in [5, 5.41) is 4.56. The van der Waals surface area contributed by atoms with Gasteiger partial charge in [-0.25, -0.2) is 19.9 Å². The zero-order valence-electron chi connectivity index (χ0n) is 21.2. The highest BCUT2D eigenvalue weighted by atomic mass is 16.5. The average Bonchev–Trinajstić information content (AvgIpc) is 3.20. The molecular weight excluding hydrogens is 424 g/mol. The summed E-state index contributed by atoms with van der Waals surface area (Å²) in [6, 6.07) is 8.46. The molecule has 1 atom stereocenters. The molecule has 34 heavy (non-hydrogen) atoms. The predicted octanol–water partition coefficient (Wildman–Crippen LogP) is 5.57. The Labute approximate surface area is 201 Å². The molecule has 7 heteroatoms. The standard InChI is InChI=1S/C27H34N6O/c1-8-34-22-14-20(26-28-11-12-33(26)7)10-9-19(22)15-23-29-16-21-13-17(2)30-25(24(21)32-23)31-18(3)27(4,5)6/h9-14,16,18H,8,15H2,1-7H3,(H,30,31)/t18-/m0/s1. The van der Waals surface area contributed by atoms with E-state index in [2.05, 4.69) is 55.1 Å². The highest BCUT2D eigenvalue weighted by Crippen LogP contribution is 2.29. The monoisotopic (exact) mass is 458 g/mol. The molecule has 0 saturated heterocycles. The molecule has 4 aromatic rings. The van der Waals surface area contributed by atoms with Gasteiger partial charge in [-0.15, -0.1) is 0 Å². The summed E-state index contributed by atoms with van der Waals surface area (Å²) < 4.78 is 7.99. The van der Waals surface area contributed by atoms with E-state index in [1.807, 2.05) is 50.0 Å². The molecule has 0 unspecified atom stereocenters. The van der Waals surface area contributed by atoms with Gasteiger partial charge in [0.2, 0.25) is 0 Å². The van der Waals surface area contributed by atoms with Crippen LogP contribution in [0.1, 0.15) is 51.7 Å². The van der Waals surface area contributed by atoms with Gasteiger partial charge in [0.05, 0.1) is 6.61 Å². The third-order valence-electron chi connectivity index (χ3n) is 6.19. The summed E-state index contributed by atoms with van der Waals surface area (Å²) in [6.07, 6.45) is 6.19. The maximum absolute atomic E-state index is 5.99. The first kappa shape index (κ1) is 23.7. The molecule has 0 bridgehead atoms. The Morgan fingerprint density at radius 3 is 2.59 bits per heavy atom. The first-order valence-corrected chi connectivity index (χ1v) is 11.8. The minimum atomic E-state index is 0.0922. The first-order chi connectivity index (χ1) is 16.2. The Bertz CT molecular complexity index is 1300. The smallest absolute Gasteiger partial charge is 0.153 e. The molecule has 1 aromatic carbocycles. The van der Waals surface area contributed by atoms with Gasteiger partial charge in [0.1, 0.15) is 22.9 Å². The number of fused-ring (bicyclic) bond motifs is 1. The lowest BCUT2D eigenvalue weighted by atomic mass is 9.88. The molecule has 3 heterocycles. The number of hydrogen-bond donors (Lipinski definition) is 1. The molecule has 1 N–H and O–H groups in total. The molecule has 0 aliphatic heterocycles. The topological polar surface area (TPSA) is 77.8 Å². The van der Waals surface area contributed by atoms with Crippen LogP contribution in [0.25, 0.3) is 22.3 Å². The largest absolute Gasteiger partial charge is 0.494 e. The van der Waals surface area contributed by atoms with E-state index in [9.17, 15) is 0 Å². The lowest BCUT2D eigenvalue weighted by Gasteiger charge is -2.29. The Balaban J connectivity index is 1.70. The van der Waals surface area contributed by atoms with E-state index in [1.54, 1.807) is 6.20 Å². The van der Waals surface area contributed by atoms with Crippen LogP contribution in [0.4, 0.5) is 5.82 Å². The molecule has 0 aliphatic carbocycles. The number of imidazole rings is 1. The maximum Gasteiger partial charge on any atom is 0.153 e. The molecule has 178 valence electrons. The van der Waals surface area contributed by atoms with Crippen molar-refractivity contribution in [3.63, 3.8) is 0 Å². The number of anilines is 1. The highest BCUT2D eigenvalue weighted by Gasteiger charge is 2.22. The van der Waals surface area contributed by atoms with Gasteiger partial charge >= 0.3 is 0 Å². The highest BCUT2D eigenvalue weighted by molar-refractivity contribution is 5.88. The van der Waals surface area contributed by atoms with Crippen molar-refractivity contribution in [3.8, 4) is 17.1 Å². The number of rotatable bonds is 7. The van der Waals surface area contributed by atoms with E-state index in [0.29, 0.717) is 13.0 Å². The van der Waals surface area contributed by atoms with Crippen molar-refractivity contribution in [2.45, 2.75) is 54.0 Å². The van der Waals surface area contributed by atoms with Crippen molar-refractivity contribution >= 4 is 16.7 Å². The van der Waals surface area contributed by atoms with E-state index in [0.717, 1.165) is 50.9 Å². The van der Waals surface area contributed by atoms with Crippen LogP contribution in [0, 0.1) is 12.3 Å². The zero-order chi connectivity index (χ0) is 24.5. The van der Waals surface area contributed by atoms with E-state index in [4.69, 9.17) is 14.7 Å².